The number of hydrogen-bond acceptors (Lipinski definition) is 8. The third-order valence-corrected chi connectivity index (χ3v) is 12.2. The SMILES string of the molecule is CCCc1nc2c(C)cc(C(=O)NNCCc3ccc(OC)c(OC)c3)cc2n1Cc1ccc(-c2ccccc2-c2nnnn2C(c2ccccc2)(c2ccccc2)c2ccccc2)cc1. The van der Waals surface area contributed by atoms with Crippen molar-refractivity contribution in [2.24, 2.45) is 0 Å². The second-order valence-electron chi connectivity index (χ2n) is 16.3. The van der Waals surface area contributed by atoms with Crippen molar-refractivity contribution in [3.63, 3.8) is 0 Å². The van der Waals surface area contributed by atoms with Crippen molar-refractivity contribution in [2.45, 2.75) is 45.2 Å². The molecule has 1 amide bonds. The smallest absolute Gasteiger partial charge is 0.265 e. The number of fused-ring (bicyclic) bond motifs is 1. The van der Waals surface area contributed by atoms with Gasteiger partial charge in [0.05, 0.1) is 25.3 Å². The molecule has 7 aromatic carbocycles. The molecule has 0 saturated carbocycles. The molecule has 0 atom stereocenters. The van der Waals surface area contributed by atoms with Crippen molar-refractivity contribution >= 4 is 16.9 Å². The van der Waals surface area contributed by atoms with Crippen molar-refractivity contribution in [3.8, 4) is 34.0 Å². The van der Waals surface area contributed by atoms with Crippen LogP contribution in [0.2, 0.25) is 0 Å². The first-order valence-electron chi connectivity index (χ1n) is 22.3. The third kappa shape index (κ3) is 8.44. The summed E-state index contributed by atoms with van der Waals surface area (Å²) in [5.74, 6) is 2.77. The molecule has 0 radical (unpaired) electrons. The Bertz CT molecular complexity index is 2980. The van der Waals surface area contributed by atoms with Gasteiger partial charge in [0.2, 0.25) is 0 Å². The quantitative estimate of drug-likeness (QED) is 0.0527. The van der Waals surface area contributed by atoms with Crippen LogP contribution in [0.3, 0.4) is 0 Å². The summed E-state index contributed by atoms with van der Waals surface area (Å²) in [6.45, 7) is 5.31. The number of nitrogens with one attached hydrogen (secondary N) is 2. The number of aryl methyl sites for hydroxylation is 2. The normalized spacial score (nSPS) is 11.5. The van der Waals surface area contributed by atoms with E-state index in [1.54, 1.807) is 14.2 Å². The van der Waals surface area contributed by atoms with Gasteiger partial charge < -0.3 is 14.0 Å². The molecule has 9 rings (SSSR count). The van der Waals surface area contributed by atoms with Crippen molar-refractivity contribution in [1.82, 2.24) is 40.6 Å². The maximum absolute atomic E-state index is 13.6. The Morgan fingerprint density at radius 2 is 1.27 bits per heavy atom. The van der Waals surface area contributed by atoms with Crippen LogP contribution in [-0.2, 0) is 24.9 Å². The molecular weight excluding hydrogens is 821 g/mol. The number of methoxy groups -OCH3 is 2. The van der Waals surface area contributed by atoms with Gasteiger partial charge in [-0.3, -0.25) is 10.2 Å². The molecule has 0 saturated heterocycles. The Hall–Kier alpha value is -7.89. The van der Waals surface area contributed by atoms with E-state index in [1.807, 2.05) is 66.2 Å². The Labute approximate surface area is 385 Å². The van der Waals surface area contributed by atoms with Crippen molar-refractivity contribution in [2.75, 3.05) is 20.8 Å². The number of benzene rings is 7. The zero-order valence-corrected chi connectivity index (χ0v) is 37.6. The maximum atomic E-state index is 13.6. The lowest BCUT2D eigenvalue weighted by Gasteiger charge is -2.36. The summed E-state index contributed by atoms with van der Waals surface area (Å²) in [4.78, 5) is 18.7. The molecule has 0 aliphatic heterocycles. The second-order valence-corrected chi connectivity index (χ2v) is 16.3. The topological polar surface area (TPSA) is 121 Å². The van der Waals surface area contributed by atoms with Crippen LogP contribution in [0.1, 0.15) is 62.9 Å². The minimum atomic E-state index is -0.883. The minimum Gasteiger partial charge on any atom is -0.493 e. The van der Waals surface area contributed by atoms with Crippen LogP contribution in [-0.4, -0.2) is 56.4 Å². The van der Waals surface area contributed by atoms with E-state index in [-0.39, 0.29) is 5.91 Å². The number of aromatic nitrogens is 6. The number of carbonyl (C=O) groups excluding carboxylic acids is 1. The molecule has 11 nitrogen and oxygen atoms in total. The van der Waals surface area contributed by atoms with Gasteiger partial charge in [-0.2, -0.15) is 0 Å². The van der Waals surface area contributed by atoms with Crippen molar-refractivity contribution in [3.05, 3.63) is 215 Å². The van der Waals surface area contributed by atoms with E-state index in [2.05, 4.69) is 143 Å². The van der Waals surface area contributed by atoms with Gasteiger partial charge in [-0.25, -0.2) is 15.1 Å². The van der Waals surface area contributed by atoms with Gasteiger partial charge in [0.1, 0.15) is 11.4 Å². The average molecular weight is 873 g/mol. The Morgan fingerprint density at radius 3 is 1.89 bits per heavy atom. The Kier molecular flexibility index (Phi) is 12.8. The summed E-state index contributed by atoms with van der Waals surface area (Å²) < 4.78 is 15.0. The molecule has 2 heterocycles. The molecule has 2 aromatic heterocycles. The van der Waals surface area contributed by atoms with Gasteiger partial charge in [0.15, 0.2) is 17.3 Å². The number of carbonyl (C=O) groups is 1. The molecule has 0 aliphatic rings. The van der Waals surface area contributed by atoms with Crippen LogP contribution in [0.15, 0.2) is 170 Å². The lowest BCUT2D eigenvalue weighted by molar-refractivity contribution is 0.0933. The highest BCUT2D eigenvalue weighted by molar-refractivity contribution is 5.98. The number of amides is 1. The van der Waals surface area contributed by atoms with Gasteiger partial charge in [-0.15, -0.1) is 5.10 Å². The molecule has 330 valence electrons. The lowest BCUT2D eigenvalue weighted by Crippen LogP contribution is -2.39. The van der Waals surface area contributed by atoms with Crippen LogP contribution in [0.5, 0.6) is 11.5 Å². The van der Waals surface area contributed by atoms with E-state index in [0.29, 0.717) is 42.4 Å². The van der Waals surface area contributed by atoms with Crippen LogP contribution in [0, 0.1) is 6.92 Å². The number of hydrogen-bond donors (Lipinski definition) is 2. The molecule has 66 heavy (non-hydrogen) atoms. The predicted octanol–water partition coefficient (Wildman–Crippen LogP) is 10.0. The number of ether oxygens (including phenoxy) is 2. The fraction of sp³-hybridized carbons (Fsp3) is 0.182. The summed E-state index contributed by atoms with van der Waals surface area (Å²) in [5.41, 5.74) is 16.7. The number of nitrogens with zero attached hydrogens (tertiary/aromatic N) is 6. The molecule has 9 aromatic rings. The molecule has 0 unspecified atom stereocenters. The third-order valence-electron chi connectivity index (χ3n) is 12.2. The van der Waals surface area contributed by atoms with Crippen molar-refractivity contribution < 1.29 is 14.3 Å². The molecule has 11 heteroatoms. The van der Waals surface area contributed by atoms with Gasteiger partial charge in [0, 0.05) is 30.6 Å². The summed E-state index contributed by atoms with van der Waals surface area (Å²) in [5, 5.41) is 13.9. The van der Waals surface area contributed by atoms with Crippen molar-refractivity contribution in [1.29, 1.82) is 0 Å². The number of hydrazine groups is 1. The number of rotatable bonds is 17. The molecule has 0 fully saturated rings. The summed E-state index contributed by atoms with van der Waals surface area (Å²) in [7, 11) is 3.24. The second kappa shape index (κ2) is 19.5. The first-order chi connectivity index (χ1) is 32.4. The maximum Gasteiger partial charge on any atom is 0.265 e. The van der Waals surface area contributed by atoms with Gasteiger partial charge in [-0.1, -0.05) is 153 Å². The van der Waals surface area contributed by atoms with Crippen LogP contribution in [0.4, 0.5) is 0 Å². The van der Waals surface area contributed by atoms with E-state index in [1.165, 1.54) is 0 Å². The van der Waals surface area contributed by atoms with Crippen LogP contribution < -0.4 is 20.3 Å². The highest BCUT2D eigenvalue weighted by atomic mass is 16.5. The van der Waals surface area contributed by atoms with Gasteiger partial charge >= 0.3 is 0 Å². The Morgan fingerprint density at radius 1 is 0.667 bits per heavy atom. The first kappa shape index (κ1) is 43.4. The monoisotopic (exact) mass is 872 g/mol. The fourth-order valence-electron chi connectivity index (χ4n) is 9.01. The zero-order valence-electron chi connectivity index (χ0n) is 37.6. The Balaban J connectivity index is 1.01. The van der Waals surface area contributed by atoms with Crippen LogP contribution in [0.25, 0.3) is 33.5 Å². The van der Waals surface area contributed by atoms with E-state index < -0.39 is 5.54 Å². The average Bonchev–Trinajstić information content (AvgIpc) is 4.00. The summed E-state index contributed by atoms with van der Waals surface area (Å²) >= 11 is 0. The van der Waals surface area contributed by atoms with E-state index in [9.17, 15) is 4.79 Å². The number of imidazole rings is 1. The largest absolute Gasteiger partial charge is 0.493 e. The summed E-state index contributed by atoms with van der Waals surface area (Å²) in [6.07, 6.45) is 2.44. The first-order valence-corrected chi connectivity index (χ1v) is 22.3. The van der Waals surface area contributed by atoms with E-state index >= 15 is 0 Å². The fourth-order valence-corrected chi connectivity index (χ4v) is 9.01. The lowest BCUT2D eigenvalue weighted by atomic mass is 9.77. The summed E-state index contributed by atoms with van der Waals surface area (Å²) in [6, 6.07) is 58.0. The van der Waals surface area contributed by atoms with E-state index in [4.69, 9.17) is 24.8 Å². The highest BCUT2D eigenvalue weighted by Gasteiger charge is 2.42. The molecule has 0 bridgehead atoms. The van der Waals surface area contributed by atoms with E-state index in [0.717, 1.165) is 79.8 Å². The standard InChI is InChI=1S/C55H52N8O3/c1-5-17-51-57-52-38(2)34-42(54(64)59-56-33-32-39-28-31-49(65-3)50(35-39)66-4)36-48(52)62(51)37-40-26-29-41(30-27-40)46-24-15-16-25-47(46)53-58-60-61-63(53)55(43-18-9-6-10-19-43,44-20-11-7-12-21-44)45-22-13-8-14-23-45/h6-16,18-31,34-36,56H,5,17,32-33,37H2,1-4H3,(H,59,64). The predicted molar refractivity (Wildman–Crippen MR) is 260 cm³/mol. The van der Waals surface area contributed by atoms with Gasteiger partial charge in [0.25, 0.3) is 5.91 Å². The molecule has 2 N–H and O–H groups in total. The highest BCUT2D eigenvalue weighted by Crippen LogP contribution is 2.43. The molecule has 0 spiro atoms. The van der Waals surface area contributed by atoms with Crippen LogP contribution >= 0.6 is 0 Å². The molecule has 0 aliphatic carbocycles. The number of tetrazole rings is 1. The van der Waals surface area contributed by atoms with Gasteiger partial charge in [-0.05, 0) is 99.0 Å². The molecular formula is C55H52N8O3. The minimum absolute atomic E-state index is 0.209. The zero-order chi connectivity index (χ0) is 45.5.